The molecule has 1 aromatic rings. The van der Waals surface area contributed by atoms with Crippen molar-refractivity contribution in [3.63, 3.8) is 0 Å². The molecule has 0 spiro atoms. The Morgan fingerprint density at radius 3 is 3.00 bits per heavy atom. The summed E-state index contributed by atoms with van der Waals surface area (Å²) in [4.78, 5) is 2.32. The maximum Gasteiger partial charge on any atom is 0.123 e. The number of nitrogens with one attached hydrogen (secondary N) is 1. The minimum atomic E-state index is -0.151. The molecule has 94 valence electrons. The standard InChI is InChI=1S/C13H19FN2S/c1-16(12-7-15-8-13(12)17-2)9-10-4-3-5-11(14)6-10/h3-6,12-13,15H,7-9H2,1-2H3. The lowest BCUT2D eigenvalue weighted by molar-refractivity contribution is 0.252. The first-order chi connectivity index (χ1) is 8.20. The van der Waals surface area contributed by atoms with Crippen molar-refractivity contribution >= 4 is 11.8 Å². The number of thioether (sulfide) groups is 1. The maximum atomic E-state index is 13.1. The molecule has 17 heavy (non-hydrogen) atoms. The van der Waals surface area contributed by atoms with E-state index >= 15 is 0 Å². The van der Waals surface area contributed by atoms with Gasteiger partial charge in [0.1, 0.15) is 5.82 Å². The highest BCUT2D eigenvalue weighted by atomic mass is 32.2. The van der Waals surface area contributed by atoms with E-state index in [1.807, 2.05) is 17.8 Å². The zero-order valence-electron chi connectivity index (χ0n) is 10.3. The van der Waals surface area contributed by atoms with Crippen molar-refractivity contribution < 1.29 is 4.39 Å². The third-order valence-corrected chi connectivity index (χ3v) is 4.40. The van der Waals surface area contributed by atoms with Gasteiger partial charge in [0.05, 0.1) is 0 Å². The van der Waals surface area contributed by atoms with E-state index < -0.39 is 0 Å². The van der Waals surface area contributed by atoms with Crippen molar-refractivity contribution in [1.82, 2.24) is 10.2 Å². The van der Waals surface area contributed by atoms with E-state index in [2.05, 4.69) is 23.5 Å². The van der Waals surface area contributed by atoms with Gasteiger partial charge in [-0.15, -0.1) is 0 Å². The molecule has 2 nitrogen and oxygen atoms in total. The Bertz CT molecular complexity index is 372. The molecular weight excluding hydrogens is 235 g/mol. The second kappa shape index (κ2) is 5.85. The van der Waals surface area contributed by atoms with Crippen LogP contribution in [0.4, 0.5) is 4.39 Å². The zero-order chi connectivity index (χ0) is 12.3. The molecule has 1 aliphatic heterocycles. The number of halogens is 1. The Morgan fingerprint density at radius 1 is 1.47 bits per heavy atom. The van der Waals surface area contributed by atoms with Crippen molar-refractivity contribution in [2.45, 2.75) is 17.8 Å². The van der Waals surface area contributed by atoms with Crippen LogP contribution in [0.2, 0.25) is 0 Å². The molecule has 0 aliphatic carbocycles. The molecule has 1 heterocycles. The van der Waals surface area contributed by atoms with Crippen LogP contribution in [0.3, 0.4) is 0 Å². The first-order valence-electron chi connectivity index (χ1n) is 5.89. The summed E-state index contributed by atoms with van der Waals surface area (Å²) in [5.74, 6) is -0.151. The number of nitrogens with zero attached hydrogens (tertiary/aromatic N) is 1. The summed E-state index contributed by atoms with van der Waals surface area (Å²) in [5, 5.41) is 4.05. The van der Waals surface area contributed by atoms with Crippen LogP contribution in [0.5, 0.6) is 0 Å². The summed E-state index contributed by atoms with van der Waals surface area (Å²) >= 11 is 1.90. The van der Waals surface area contributed by atoms with Crippen LogP contribution in [-0.4, -0.2) is 42.6 Å². The first-order valence-corrected chi connectivity index (χ1v) is 7.17. The van der Waals surface area contributed by atoms with Crippen LogP contribution in [-0.2, 0) is 6.54 Å². The van der Waals surface area contributed by atoms with Gasteiger partial charge in [0.15, 0.2) is 0 Å². The van der Waals surface area contributed by atoms with Gasteiger partial charge >= 0.3 is 0 Å². The number of likely N-dealkylation sites (N-methyl/N-ethyl adjacent to an activating group) is 1. The monoisotopic (exact) mass is 254 g/mol. The predicted octanol–water partition coefficient (Wildman–Crippen LogP) is 1.96. The fourth-order valence-electron chi connectivity index (χ4n) is 2.36. The molecule has 0 aromatic heterocycles. The number of rotatable bonds is 4. The van der Waals surface area contributed by atoms with Crippen LogP contribution in [0, 0.1) is 5.82 Å². The molecule has 0 amide bonds. The summed E-state index contributed by atoms with van der Waals surface area (Å²) < 4.78 is 13.1. The van der Waals surface area contributed by atoms with E-state index in [1.54, 1.807) is 12.1 Å². The summed E-state index contributed by atoms with van der Waals surface area (Å²) in [6, 6.07) is 7.40. The second-order valence-electron chi connectivity index (χ2n) is 4.54. The van der Waals surface area contributed by atoms with Gasteiger partial charge in [-0.25, -0.2) is 4.39 Å². The fourth-order valence-corrected chi connectivity index (χ4v) is 3.26. The van der Waals surface area contributed by atoms with Gasteiger partial charge in [0, 0.05) is 30.9 Å². The highest BCUT2D eigenvalue weighted by Gasteiger charge is 2.29. The maximum absolute atomic E-state index is 13.1. The van der Waals surface area contributed by atoms with E-state index in [-0.39, 0.29) is 5.82 Å². The molecule has 1 saturated heterocycles. The summed E-state index contributed by atoms with van der Waals surface area (Å²) in [5.41, 5.74) is 1.04. The third-order valence-electron chi connectivity index (χ3n) is 3.32. The van der Waals surface area contributed by atoms with Crippen LogP contribution in [0.15, 0.2) is 24.3 Å². The predicted molar refractivity (Wildman–Crippen MR) is 71.8 cm³/mol. The van der Waals surface area contributed by atoms with Gasteiger partial charge in [0.25, 0.3) is 0 Å². The minimum absolute atomic E-state index is 0.151. The second-order valence-corrected chi connectivity index (χ2v) is 5.62. The summed E-state index contributed by atoms with van der Waals surface area (Å²) in [6.07, 6.45) is 2.15. The van der Waals surface area contributed by atoms with E-state index in [9.17, 15) is 4.39 Å². The largest absolute Gasteiger partial charge is 0.314 e. The molecule has 2 atom stereocenters. The van der Waals surface area contributed by atoms with E-state index in [0.29, 0.717) is 11.3 Å². The molecule has 1 fully saturated rings. The lowest BCUT2D eigenvalue weighted by atomic mass is 10.1. The molecule has 2 rings (SSSR count). The minimum Gasteiger partial charge on any atom is -0.314 e. The summed E-state index contributed by atoms with van der Waals surface area (Å²) in [7, 11) is 2.12. The van der Waals surface area contributed by atoms with E-state index in [1.165, 1.54) is 6.07 Å². The van der Waals surface area contributed by atoms with Gasteiger partial charge in [-0.2, -0.15) is 11.8 Å². The molecule has 1 N–H and O–H groups in total. The Balaban J connectivity index is 1.99. The highest BCUT2D eigenvalue weighted by molar-refractivity contribution is 7.99. The molecule has 4 heteroatoms. The fraction of sp³-hybridized carbons (Fsp3) is 0.538. The molecular formula is C13H19FN2S. The highest BCUT2D eigenvalue weighted by Crippen LogP contribution is 2.20. The van der Waals surface area contributed by atoms with Gasteiger partial charge in [-0.05, 0) is 31.0 Å². The van der Waals surface area contributed by atoms with Crippen molar-refractivity contribution in [3.05, 3.63) is 35.6 Å². The first kappa shape index (κ1) is 12.9. The quantitative estimate of drug-likeness (QED) is 0.884. The molecule has 1 aliphatic rings. The van der Waals surface area contributed by atoms with E-state index in [4.69, 9.17) is 0 Å². The average molecular weight is 254 g/mol. The SMILES string of the molecule is CSC1CNCC1N(C)Cc1cccc(F)c1. The van der Waals surface area contributed by atoms with Crippen LogP contribution in [0.1, 0.15) is 5.56 Å². The van der Waals surface area contributed by atoms with Crippen LogP contribution >= 0.6 is 11.8 Å². The molecule has 0 saturated carbocycles. The number of benzene rings is 1. The van der Waals surface area contributed by atoms with Gasteiger partial charge in [-0.3, -0.25) is 4.90 Å². The van der Waals surface area contributed by atoms with Gasteiger partial charge < -0.3 is 5.32 Å². The van der Waals surface area contributed by atoms with Crippen molar-refractivity contribution in [2.24, 2.45) is 0 Å². The summed E-state index contributed by atoms with van der Waals surface area (Å²) in [6.45, 7) is 2.90. The van der Waals surface area contributed by atoms with E-state index in [0.717, 1.165) is 25.2 Å². The number of hydrogen-bond donors (Lipinski definition) is 1. The van der Waals surface area contributed by atoms with Crippen LogP contribution < -0.4 is 5.32 Å². The Morgan fingerprint density at radius 2 is 2.29 bits per heavy atom. The molecule has 0 radical (unpaired) electrons. The van der Waals surface area contributed by atoms with Crippen molar-refractivity contribution in [2.75, 3.05) is 26.4 Å². The lowest BCUT2D eigenvalue weighted by Crippen LogP contribution is -2.38. The number of hydrogen-bond acceptors (Lipinski definition) is 3. The molecule has 0 bridgehead atoms. The van der Waals surface area contributed by atoms with Crippen molar-refractivity contribution in [1.29, 1.82) is 0 Å². The smallest absolute Gasteiger partial charge is 0.123 e. The Labute approximate surface area is 107 Å². The van der Waals surface area contributed by atoms with Crippen molar-refractivity contribution in [3.8, 4) is 0 Å². The topological polar surface area (TPSA) is 15.3 Å². The normalized spacial score (nSPS) is 24.5. The average Bonchev–Trinajstić information content (AvgIpc) is 2.77. The van der Waals surface area contributed by atoms with Crippen LogP contribution in [0.25, 0.3) is 0 Å². The Hall–Kier alpha value is -0.580. The molecule has 2 unspecified atom stereocenters. The molecule has 1 aromatic carbocycles. The zero-order valence-corrected chi connectivity index (χ0v) is 11.1. The van der Waals surface area contributed by atoms with Gasteiger partial charge in [0.2, 0.25) is 0 Å². The van der Waals surface area contributed by atoms with Gasteiger partial charge in [-0.1, -0.05) is 12.1 Å². The third kappa shape index (κ3) is 3.21. The Kier molecular flexibility index (Phi) is 4.42. The lowest BCUT2D eigenvalue weighted by Gasteiger charge is -2.28.